The van der Waals surface area contributed by atoms with Crippen molar-refractivity contribution in [2.24, 2.45) is 4.99 Å². The lowest BCUT2D eigenvalue weighted by Crippen LogP contribution is -2.42. The summed E-state index contributed by atoms with van der Waals surface area (Å²) in [6.45, 7) is 6.83. The SMILES string of the molecule is CC(NC(=NCC(=O)N(C)C)NCCCN1CCOCC1)c1ccc(F)c(F)c1.I. The second kappa shape index (κ2) is 13.7. The molecular weight excluding hydrogens is 507 g/mol. The maximum atomic E-state index is 13.5. The molecular formula is C20H32F2IN5O2. The number of benzene rings is 1. The Bertz CT molecular complexity index is 700. The van der Waals surface area contributed by atoms with Gasteiger partial charge in [0.25, 0.3) is 0 Å². The van der Waals surface area contributed by atoms with Crippen LogP contribution in [-0.2, 0) is 9.53 Å². The number of rotatable bonds is 8. The molecule has 0 aliphatic carbocycles. The zero-order valence-electron chi connectivity index (χ0n) is 17.8. The van der Waals surface area contributed by atoms with Crippen LogP contribution in [0.4, 0.5) is 8.78 Å². The third-order valence-corrected chi connectivity index (χ3v) is 4.72. The van der Waals surface area contributed by atoms with Crippen LogP contribution in [0, 0.1) is 11.6 Å². The van der Waals surface area contributed by atoms with E-state index in [0.29, 0.717) is 18.1 Å². The van der Waals surface area contributed by atoms with Crippen molar-refractivity contribution in [2.45, 2.75) is 19.4 Å². The molecule has 1 unspecified atom stereocenters. The molecule has 1 amide bonds. The summed E-state index contributed by atoms with van der Waals surface area (Å²) in [6.07, 6.45) is 0.905. The molecule has 30 heavy (non-hydrogen) atoms. The number of guanidine groups is 1. The Labute approximate surface area is 194 Å². The summed E-state index contributed by atoms with van der Waals surface area (Å²) in [5, 5.41) is 6.38. The minimum atomic E-state index is -0.893. The molecule has 0 saturated carbocycles. The molecule has 2 N–H and O–H groups in total. The average Bonchev–Trinajstić information content (AvgIpc) is 2.71. The van der Waals surface area contributed by atoms with Gasteiger partial charge in [-0.05, 0) is 37.6 Å². The predicted molar refractivity (Wildman–Crippen MR) is 124 cm³/mol. The number of carbonyl (C=O) groups is 1. The lowest BCUT2D eigenvalue weighted by molar-refractivity contribution is -0.127. The molecule has 1 fully saturated rings. The van der Waals surface area contributed by atoms with Crippen LogP contribution in [-0.4, -0.2) is 81.7 Å². The van der Waals surface area contributed by atoms with Gasteiger partial charge in [-0.3, -0.25) is 9.69 Å². The van der Waals surface area contributed by atoms with Crippen molar-refractivity contribution in [3.05, 3.63) is 35.4 Å². The highest BCUT2D eigenvalue weighted by atomic mass is 127. The van der Waals surface area contributed by atoms with Gasteiger partial charge in [-0.15, -0.1) is 24.0 Å². The van der Waals surface area contributed by atoms with Gasteiger partial charge < -0.3 is 20.3 Å². The first kappa shape index (κ1) is 26.5. The van der Waals surface area contributed by atoms with Gasteiger partial charge in [0.1, 0.15) is 6.54 Å². The van der Waals surface area contributed by atoms with Crippen molar-refractivity contribution in [1.82, 2.24) is 20.4 Å². The highest BCUT2D eigenvalue weighted by molar-refractivity contribution is 14.0. The van der Waals surface area contributed by atoms with Gasteiger partial charge in [-0.2, -0.15) is 0 Å². The molecule has 0 spiro atoms. The number of morpholine rings is 1. The van der Waals surface area contributed by atoms with E-state index in [4.69, 9.17) is 4.74 Å². The van der Waals surface area contributed by atoms with E-state index in [1.165, 1.54) is 11.0 Å². The molecule has 0 bridgehead atoms. The van der Waals surface area contributed by atoms with Crippen molar-refractivity contribution >= 4 is 35.8 Å². The van der Waals surface area contributed by atoms with Crippen LogP contribution in [0.25, 0.3) is 0 Å². The second-order valence-corrected chi connectivity index (χ2v) is 7.23. The molecule has 1 atom stereocenters. The fourth-order valence-electron chi connectivity index (χ4n) is 2.85. The average molecular weight is 539 g/mol. The summed E-state index contributed by atoms with van der Waals surface area (Å²) in [6, 6.07) is 3.47. The smallest absolute Gasteiger partial charge is 0.243 e. The molecule has 10 heteroatoms. The van der Waals surface area contributed by atoms with Gasteiger partial charge in [0.2, 0.25) is 5.91 Å². The summed E-state index contributed by atoms with van der Waals surface area (Å²) in [5.41, 5.74) is 0.589. The molecule has 1 aliphatic rings. The molecule has 1 heterocycles. The number of nitrogens with zero attached hydrogens (tertiary/aromatic N) is 3. The van der Waals surface area contributed by atoms with Gasteiger partial charge in [-0.25, -0.2) is 13.8 Å². The first-order valence-electron chi connectivity index (χ1n) is 9.87. The number of nitrogens with one attached hydrogen (secondary N) is 2. The first-order chi connectivity index (χ1) is 13.9. The Kier molecular flexibility index (Phi) is 12.1. The summed E-state index contributed by atoms with van der Waals surface area (Å²) >= 11 is 0. The third-order valence-electron chi connectivity index (χ3n) is 4.72. The van der Waals surface area contributed by atoms with E-state index < -0.39 is 11.6 Å². The second-order valence-electron chi connectivity index (χ2n) is 7.23. The number of hydrogen-bond donors (Lipinski definition) is 2. The standard InChI is InChI=1S/C20H31F2N5O2.HI/c1-15(16-5-6-17(21)18(22)13-16)25-20(24-14-19(28)26(2)3)23-7-4-8-27-9-11-29-12-10-27;/h5-6,13,15H,4,7-12,14H2,1-3H3,(H2,23,24,25);1H. The van der Waals surface area contributed by atoms with Crippen LogP contribution >= 0.6 is 24.0 Å². The number of amides is 1. The van der Waals surface area contributed by atoms with Crippen molar-refractivity contribution in [2.75, 3.05) is 60.0 Å². The van der Waals surface area contributed by atoms with Crippen LogP contribution < -0.4 is 10.6 Å². The Balaban J connectivity index is 0.00000450. The molecule has 0 radical (unpaired) electrons. The Hall–Kier alpha value is -1.53. The van der Waals surface area contributed by atoms with Crippen molar-refractivity contribution in [3.8, 4) is 0 Å². The molecule has 1 aromatic rings. The fraction of sp³-hybridized carbons (Fsp3) is 0.600. The Morgan fingerprint density at radius 3 is 2.60 bits per heavy atom. The van der Waals surface area contributed by atoms with E-state index in [0.717, 1.165) is 51.4 Å². The molecule has 7 nitrogen and oxygen atoms in total. The summed E-state index contributed by atoms with van der Waals surface area (Å²) < 4.78 is 32.1. The minimum Gasteiger partial charge on any atom is -0.379 e. The van der Waals surface area contributed by atoms with E-state index in [1.54, 1.807) is 14.1 Å². The first-order valence-corrected chi connectivity index (χ1v) is 9.87. The Morgan fingerprint density at radius 1 is 1.27 bits per heavy atom. The van der Waals surface area contributed by atoms with Crippen LogP contribution in [0.2, 0.25) is 0 Å². The largest absolute Gasteiger partial charge is 0.379 e. The molecule has 1 saturated heterocycles. The lowest BCUT2D eigenvalue weighted by atomic mass is 10.1. The topological polar surface area (TPSA) is 69.2 Å². The zero-order valence-corrected chi connectivity index (χ0v) is 20.1. The number of likely N-dealkylation sites (N-methyl/N-ethyl adjacent to an activating group) is 1. The number of ether oxygens (including phenoxy) is 1. The van der Waals surface area contributed by atoms with Gasteiger partial charge in [-0.1, -0.05) is 6.07 Å². The number of carbonyl (C=O) groups excluding carboxylic acids is 1. The third kappa shape index (κ3) is 9.09. The summed E-state index contributed by atoms with van der Waals surface area (Å²) in [4.78, 5) is 20.0. The van der Waals surface area contributed by atoms with Crippen molar-refractivity contribution < 1.29 is 18.3 Å². The Morgan fingerprint density at radius 2 is 1.97 bits per heavy atom. The highest BCUT2D eigenvalue weighted by Crippen LogP contribution is 2.15. The van der Waals surface area contributed by atoms with Gasteiger partial charge >= 0.3 is 0 Å². The normalized spacial score (nSPS) is 15.8. The van der Waals surface area contributed by atoms with E-state index in [2.05, 4.69) is 20.5 Å². The molecule has 0 aromatic heterocycles. The van der Waals surface area contributed by atoms with E-state index in [-0.39, 0.29) is 42.5 Å². The maximum Gasteiger partial charge on any atom is 0.243 e. The molecule has 170 valence electrons. The van der Waals surface area contributed by atoms with Crippen LogP contribution in [0.15, 0.2) is 23.2 Å². The van der Waals surface area contributed by atoms with Gasteiger partial charge in [0.05, 0.1) is 19.3 Å². The van der Waals surface area contributed by atoms with Gasteiger partial charge in [0, 0.05) is 33.7 Å². The quantitative estimate of drug-likeness (QED) is 0.229. The molecule has 1 aromatic carbocycles. The van der Waals surface area contributed by atoms with E-state index >= 15 is 0 Å². The number of aliphatic imine (C=N–C) groups is 1. The number of halogens is 3. The summed E-state index contributed by atoms with van der Waals surface area (Å²) in [5.74, 6) is -1.44. The van der Waals surface area contributed by atoms with Crippen LogP contribution in [0.3, 0.4) is 0 Å². The lowest BCUT2D eigenvalue weighted by Gasteiger charge is -2.26. The highest BCUT2D eigenvalue weighted by Gasteiger charge is 2.13. The van der Waals surface area contributed by atoms with Gasteiger partial charge in [0.15, 0.2) is 17.6 Å². The van der Waals surface area contributed by atoms with Crippen molar-refractivity contribution in [3.63, 3.8) is 0 Å². The van der Waals surface area contributed by atoms with E-state index in [9.17, 15) is 13.6 Å². The molecule has 2 rings (SSSR count). The summed E-state index contributed by atoms with van der Waals surface area (Å²) in [7, 11) is 3.34. The molecule has 1 aliphatic heterocycles. The number of hydrogen-bond acceptors (Lipinski definition) is 4. The maximum absolute atomic E-state index is 13.5. The van der Waals surface area contributed by atoms with Crippen LogP contribution in [0.1, 0.15) is 24.9 Å². The predicted octanol–water partition coefficient (Wildman–Crippen LogP) is 1.99. The fourth-order valence-corrected chi connectivity index (χ4v) is 2.85. The van der Waals surface area contributed by atoms with E-state index in [1.807, 2.05) is 6.92 Å². The van der Waals surface area contributed by atoms with Crippen LogP contribution in [0.5, 0.6) is 0 Å². The minimum absolute atomic E-state index is 0. The van der Waals surface area contributed by atoms with Crippen molar-refractivity contribution in [1.29, 1.82) is 0 Å². The monoisotopic (exact) mass is 539 g/mol. The zero-order chi connectivity index (χ0) is 21.2.